The van der Waals surface area contributed by atoms with Gasteiger partial charge in [-0.1, -0.05) is 12.1 Å². The third-order valence-corrected chi connectivity index (χ3v) is 4.46. The summed E-state index contributed by atoms with van der Waals surface area (Å²) in [7, 11) is -2.95. The number of aryl methyl sites for hydroxylation is 1. The minimum Gasteiger partial charge on any atom is -0.489 e. The molecular weight excluding hydrogens is 465 g/mol. The van der Waals surface area contributed by atoms with Crippen LogP contribution in [0.25, 0.3) is 0 Å². The quantitative estimate of drug-likeness (QED) is 0.312. The summed E-state index contributed by atoms with van der Waals surface area (Å²) in [5.74, 6) is 1.67. The number of nitrogens with zero attached hydrogens (tertiary/aromatic N) is 1. The Balaban J connectivity index is 0.00000625. The molecule has 0 saturated heterocycles. The summed E-state index contributed by atoms with van der Waals surface area (Å²) in [6.07, 6.45) is 1.73. The number of benzene rings is 1. The van der Waals surface area contributed by atoms with Crippen LogP contribution in [0, 0.1) is 6.92 Å². The van der Waals surface area contributed by atoms with Crippen LogP contribution in [0.2, 0.25) is 0 Å². The molecule has 2 atom stereocenters. The summed E-state index contributed by atoms with van der Waals surface area (Å²) in [5.41, 5.74) is 1.16. The number of hydrogen-bond acceptors (Lipinski definition) is 4. The molecule has 0 saturated carbocycles. The Labute approximate surface area is 175 Å². The Morgan fingerprint density at radius 1 is 1.31 bits per heavy atom. The maximum Gasteiger partial charge on any atom is 0.191 e. The number of guanidine groups is 1. The third-order valence-electron chi connectivity index (χ3n) is 3.48. The standard InChI is InChI=1S/C18H31N3O3S.HI/c1-6-19-18(21-15(3)10-11-25(5,22)23)20-13-16(4)24-17-9-7-8-14(2)12-17;/h7-9,12,15-16H,6,10-11,13H2,1-5H3,(H2,19,20,21);1H. The van der Waals surface area contributed by atoms with Crippen LogP contribution in [0.1, 0.15) is 32.8 Å². The maximum atomic E-state index is 11.3. The van der Waals surface area contributed by atoms with Crippen LogP contribution >= 0.6 is 24.0 Å². The fraction of sp³-hybridized carbons (Fsp3) is 0.611. The zero-order valence-electron chi connectivity index (χ0n) is 16.3. The Kier molecular flexibility index (Phi) is 11.9. The number of aliphatic imine (C=N–C) groups is 1. The van der Waals surface area contributed by atoms with E-state index in [0.29, 0.717) is 18.9 Å². The lowest BCUT2D eigenvalue weighted by Gasteiger charge is -2.19. The van der Waals surface area contributed by atoms with Gasteiger partial charge in [0.25, 0.3) is 0 Å². The fourth-order valence-corrected chi connectivity index (χ4v) is 2.98. The summed E-state index contributed by atoms with van der Waals surface area (Å²) in [4.78, 5) is 4.54. The normalized spacial score (nSPS) is 14.1. The van der Waals surface area contributed by atoms with Gasteiger partial charge in [0.05, 0.1) is 12.3 Å². The topological polar surface area (TPSA) is 79.8 Å². The first-order chi connectivity index (χ1) is 11.7. The Morgan fingerprint density at radius 3 is 2.58 bits per heavy atom. The predicted octanol–water partition coefficient (Wildman–Crippen LogP) is 2.76. The molecule has 0 amide bonds. The molecule has 2 N–H and O–H groups in total. The molecule has 0 aliphatic heterocycles. The zero-order chi connectivity index (χ0) is 18.9. The highest BCUT2D eigenvalue weighted by Gasteiger charge is 2.10. The van der Waals surface area contributed by atoms with E-state index in [4.69, 9.17) is 4.74 Å². The molecule has 6 nitrogen and oxygen atoms in total. The van der Waals surface area contributed by atoms with Crippen LogP contribution < -0.4 is 15.4 Å². The highest BCUT2D eigenvalue weighted by Crippen LogP contribution is 2.14. The van der Waals surface area contributed by atoms with Gasteiger partial charge in [-0.25, -0.2) is 13.4 Å². The Morgan fingerprint density at radius 2 is 2.00 bits per heavy atom. The van der Waals surface area contributed by atoms with Crippen molar-refractivity contribution in [2.75, 3.05) is 25.1 Å². The van der Waals surface area contributed by atoms with E-state index in [-0.39, 0.29) is 41.9 Å². The molecule has 150 valence electrons. The van der Waals surface area contributed by atoms with Gasteiger partial charge < -0.3 is 15.4 Å². The molecule has 0 bridgehead atoms. The van der Waals surface area contributed by atoms with Crippen molar-refractivity contribution in [2.45, 2.75) is 46.3 Å². The number of rotatable bonds is 9. The van der Waals surface area contributed by atoms with E-state index in [0.717, 1.165) is 17.9 Å². The number of ether oxygens (including phenoxy) is 1. The highest BCUT2D eigenvalue weighted by atomic mass is 127. The number of nitrogens with one attached hydrogen (secondary N) is 2. The summed E-state index contributed by atoms with van der Waals surface area (Å²) in [6.45, 7) is 9.18. The van der Waals surface area contributed by atoms with Crippen LogP contribution in [0.3, 0.4) is 0 Å². The van der Waals surface area contributed by atoms with Crippen molar-refractivity contribution >= 4 is 39.8 Å². The van der Waals surface area contributed by atoms with Gasteiger partial charge in [-0.05, 0) is 51.8 Å². The molecule has 0 heterocycles. The summed E-state index contributed by atoms with van der Waals surface area (Å²) in [5, 5.41) is 6.41. The van der Waals surface area contributed by atoms with E-state index in [9.17, 15) is 8.42 Å². The first-order valence-corrected chi connectivity index (χ1v) is 10.7. The molecule has 2 unspecified atom stereocenters. The largest absolute Gasteiger partial charge is 0.489 e. The second kappa shape index (κ2) is 12.4. The van der Waals surface area contributed by atoms with Crippen molar-refractivity contribution in [3.05, 3.63) is 29.8 Å². The van der Waals surface area contributed by atoms with Gasteiger partial charge >= 0.3 is 0 Å². The number of sulfone groups is 1. The van der Waals surface area contributed by atoms with E-state index in [1.54, 1.807) is 0 Å². The minimum absolute atomic E-state index is 0. The van der Waals surface area contributed by atoms with Crippen molar-refractivity contribution in [3.63, 3.8) is 0 Å². The van der Waals surface area contributed by atoms with Gasteiger partial charge in [0, 0.05) is 18.8 Å². The fourth-order valence-electron chi connectivity index (χ4n) is 2.19. The van der Waals surface area contributed by atoms with Crippen molar-refractivity contribution < 1.29 is 13.2 Å². The Bertz CT molecular complexity index is 665. The lowest BCUT2D eigenvalue weighted by atomic mass is 10.2. The highest BCUT2D eigenvalue weighted by molar-refractivity contribution is 14.0. The second-order valence-corrected chi connectivity index (χ2v) is 8.69. The zero-order valence-corrected chi connectivity index (χ0v) is 19.4. The van der Waals surface area contributed by atoms with E-state index in [1.165, 1.54) is 6.26 Å². The average molecular weight is 497 g/mol. The maximum absolute atomic E-state index is 11.3. The Hall–Kier alpha value is -1.03. The van der Waals surface area contributed by atoms with Crippen molar-refractivity contribution in [2.24, 2.45) is 4.99 Å². The molecule has 1 rings (SSSR count). The lowest BCUT2D eigenvalue weighted by molar-refractivity contribution is 0.230. The van der Waals surface area contributed by atoms with Crippen molar-refractivity contribution in [1.29, 1.82) is 0 Å². The first kappa shape index (κ1) is 25.0. The summed E-state index contributed by atoms with van der Waals surface area (Å²) in [6, 6.07) is 7.94. The lowest BCUT2D eigenvalue weighted by Crippen LogP contribution is -2.43. The van der Waals surface area contributed by atoms with Gasteiger partial charge in [-0.2, -0.15) is 0 Å². The van der Waals surface area contributed by atoms with Crippen LogP contribution in [-0.4, -0.2) is 51.6 Å². The molecule has 0 spiro atoms. The van der Waals surface area contributed by atoms with Gasteiger partial charge in [-0.3, -0.25) is 0 Å². The number of hydrogen-bond donors (Lipinski definition) is 2. The SMILES string of the molecule is CCNC(=NCC(C)Oc1cccc(C)c1)NC(C)CCS(C)(=O)=O.I. The van der Waals surface area contributed by atoms with Crippen LogP contribution in [0.15, 0.2) is 29.3 Å². The van der Waals surface area contributed by atoms with E-state index < -0.39 is 9.84 Å². The molecule has 0 radical (unpaired) electrons. The second-order valence-electron chi connectivity index (χ2n) is 6.43. The van der Waals surface area contributed by atoms with Gasteiger partial charge in [0.1, 0.15) is 21.7 Å². The van der Waals surface area contributed by atoms with Crippen LogP contribution in [0.5, 0.6) is 5.75 Å². The van der Waals surface area contributed by atoms with Gasteiger partial charge in [-0.15, -0.1) is 24.0 Å². The third kappa shape index (κ3) is 11.6. The molecule has 1 aromatic rings. The van der Waals surface area contributed by atoms with E-state index >= 15 is 0 Å². The molecular formula is C18H32IN3O3S. The van der Waals surface area contributed by atoms with Gasteiger partial charge in [0.2, 0.25) is 0 Å². The van der Waals surface area contributed by atoms with E-state index in [2.05, 4.69) is 15.6 Å². The first-order valence-electron chi connectivity index (χ1n) is 8.65. The van der Waals surface area contributed by atoms with Crippen molar-refractivity contribution in [1.82, 2.24) is 10.6 Å². The molecule has 0 aliphatic rings. The smallest absolute Gasteiger partial charge is 0.191 e. The molecule has 1 aromatic carbocycles. The van der Waals surface area contributed by atoms with Gasteiger partial charge in [0.15, 0.2) is 5.96 Å². The van der Waals surface area contributed by atoms with E-state index in [1.807, 2.05) is 52.0 Å². The van der Waals surface area contributed by atoms with Crippen LogP contribution in [-0.2, 0) is 9.84 Å². The molecule has 26 heavy (non-hydrogen) atoms. The molecule has 0 fully saturated rings. The number of halogens is 1. The van der Waals surface area contributed by atoms with Crippen LogP contribution in [0.4, 0.5) is 0 Å². The average Bonchev–Trinajstić information content (AvgIpc) is 2.50. The minimum atomic E-state index is -2.95. The predicted molar refractivity (Wildman–Crippen MR) is 120 cm³/mol. The monoisotopic (exact) mass is 497 g/mol. The molecule has 0 aliphatic carbocycles. The summed E-state index contributed by atoms with van der Waals surface area (Å²) < 4.78 is 28.4. The summed E-state index contributed by atoms with van der Waals surface area (Å²) >= 11 is 0. The molecule has 8 heteroatoms. The molecule has 0 aromatic heterocycles. The van der Waals surface area contributed by atoms with Crippen molar-refractivity contribution in [3.8, 4) is 5.75 Å².